The molecule has 10 nitrogen and oxygen atoms in total. The molecular formula is C37H39Cl2F2N3O7. The summed E-state index contributed by atoms with van der Waals surface area (Å²) in [6, 6.07) is 12.6. The molecule has 0 spiro atoms. The fraction of sp³-hybridized carbons (Fsp3) is 0.405. The van der Waals surface area contributed by atoms with E-state index in [9.17, 15) is 24.8 Å². The lowest BCUT2D eigenvalue weighted by Gasteiger charge is -2.37. The molecule has 1 saturated heterocycles. The zero-order valence-corrected chi connectivity index (χ0v) is 29.9. The molecule has 3 aromatic carbocycles. The molecule has 1 heterocycles. The van der Waals surface area contributed by atoms with E-state index in [2.05, 4.69) is 16.7 Å². The number of benzene rings is 3. The van der Waals surface area contributed by atoms with E-state index in [4.69, 9.17) is 37.8 Å². The molecule has 1 fully saturated rings. The maximum Gasteiger partial charge on any atom is 0.338 e. The maximum absolute atomic E-state index is 16.0. The SMILES string of the molecule is COc1cc(C(=O)OCC(=O)NCC(O)CO)ccc1CC(=O)[C@@H]1N[C@@H](CC(C)(C)C)[C@](C#N)(c2ccc(Cl)cc2F)[C@H]1c1cccc(Cl)c1F. The highest BCUT2D eigenvalue weighted by Crippen LogP contribution is 2.53. The van der Waals surface area contributed by atoms with E-state index in [0.717, 1.165) is 6.07 Å². The fourth-order valence-corrected chi connectivity index (χ4v) is 6.83. The number of carbonyl (C=O) groups excluding carboxylic acids is 3. The van der Waals surface area contributed by atoms with E-state index in [0.29, 0.717) is 12.0 Å². The van der Waals surface area contributed by atoms with Crippen molar-refractivity contribution in [3.8, 4) is 11.8 Å². The van der Waals surface area contributed by atoms with Crippen molar-refractivity contribution < 1.29 is 42.9 Å². The Balaban J connectivity index is 1.72. The molecule has 3 aromatic rings. The van der Waals surface area contributed by atoms with Crippen molar-refractivity contribution >= 4 is 40.9 Å². The first-order valence-electron chi connectivity index (χ1n) is 16.0. The highest BCUT2D eigenvalue weighted by atomic mass is 35.5. The van der Waals surface area contributed by atoms with Crippen LogP contribution >= 0.6 is 23.2 Å². The Morgan fingerprint density at radius 1 is 1.12 bits per heavy atom. The van der Waals surface area contributed by atoms with Crippen LogP contribution in [0.25, 0.3) is 0 Å². The Labute approximate surface area is 304 Å². The fourth-order valence-electron chi connectivity index (χ4n) is 6.49. The van der Waals surface area contributed by atoms with Crippen molar-refractivity contribution in [1.82, 2.24) is 10.6 Å². The second kappa shape index (κ2) is 16.5. The number of nitrogens with one attached hydrogen (secondary N) is 2. The van der Waals surface area contributed by atoms with Gasteiger partial charge in [0.15, 0.2) is 12.4 Å². The maximum atomic E-state index is 16.0. The number of ketones is 1. The van der Waals surface area contributed by atoms with Gasteiger partial charge in [-0.3, -0.25) is 9.59 Å². The Kier molecular flexibility index (Phi) is 12.8. The molecule has 1 aliphatic rings. The van der Waals surface area contributed by atoms with Crippen LogP contribution in [-0.2, 0) is 26.2 Å². The van der Waals surface area contributed by atoms with Crippen LogP contribution in [0.1, 0.15) is 60.2 Å². The minimum Gasteiger partial charge on any atom is -0.496 e. The number of halogens is 4. The molecule has 4 N–H and O–H groups in total. The number of amides is 1. The molecule has 0 bridgehead atoms. The number of Topliss-reactive ketones (excluding diaryl/α,β-unsaturated/α-hetero) is 1. The van der Waals surface area contributed by atoms with Crippen LogP contribution in [-0.4, -0.2) is 72.9 Å². The average Bonchev–Trinajstić information content (AvgIpc) is 3.40. The predicted octanol–water partition coefficient (Wildman–Crippen LogP) is 5.04. The molecule has 1 amide bonds. The number of nitrogens with zero attached hydrogens (tertiary/aromatic N) is 1. The van der Waals surface area contributed by atoms with Crippen molar-refractivity contribution in [1.29, 1.82) is 5.26 Å². The van der Waals surface area contributed by atoms with Crippen LogP contribution in [0.2, 0.25) is 10.0 Å². The van der Waals surface area contributed by atoms with Crippen LogP contribution in [0.4, 0.5) is 8.78 Å². The van der Waals surface area contributed by atoms with Crippen LogP contribution in [0, 0.1) is 28.4 Å². The number of nitriles is 1. The molecule has 1 aliphatic heterocycles. The first-order chi connectivity index (χ1) is 24.1. The van der Waals surface area contributed by atoms with Crippen LogP contribution in [0.5, 0.6) is 5.75 Å². The quantitative estimate of drug-likeness (QED) is 0.176. The third kappa shape index (κ3) is 8.86. The lowest BCUT2D eigenvalue weighted by atomic mass is 9.62. The van der Waals surface area contributed by atoms with Gasteiger partial charge < -0.3 is 30.3 Å². The van der Waals surface area contributed by atoms with E-state index in [1.165, 1.54) is 55.6 Å². The Morgan fingerprint density at radius 2 is 1.84 bits per heavy atom. The van der Waals surface area contributed by atoms with Crippen LogP contribution in [0.3, 0.4) is 0 Å². The average molecular weight is 747 g/mol. The van der Waals surface area contributed by atoms with Crippen molar-refractivity contribution in [2.45, 2.75) is 63.1 Å². The number of carbonyl (C=O) groups is 3. The van der Waals surface area contributed by atoms with Crippen molar-refractivity contribution in [3.05, 3.63) is 98.5 Å². The van der Waals surface area contributed by atoms with Gasteiger partial charge in [0.2, 0.25) is 0 Å². The monoisotopic (exact) mass is 745 g/mol. The minimum absolute atomic E-state index is 0.0102. The molecule has 0 radical (unpaired) electrons. The van der Waals surface area contributed by atoms with Gasteiger partial charge in [-0.2, -0.15) is 5.26 Å². The van der Waals surface area contributed by atoms with Crippen molar-refractivity contribution in [2.24, 2.45) is 5.41 Å². The number of hydrogen-bond acceptors (Lipinski definition) is 9. The van der Waals surface area contributed by atoms with E-state index < -0.39 is 77.4 Å². The number of ether oxygens (including phenoxy) is 2. The molecular weight excluding hydrogens is 707 g/mol. The molecule has 4 rings (SSSR count). The van der Waals surface area contributed by atoms with Crippen LogP contribution in [0.15, 0.2) is 54.6 Å². The molecule has 51 heavy (non-hydrogen) atoms. The summed E-state index contributed by atoms with van der Waals surface area (Å²) in [4.78, 5) is 39.1. The van der Waals surface area contributed by atoms with Gasteiger partial charge in [0, 0.05) is 41.1 Å². The van der Waals surface area contributed by atoms with Crippen molar-refractivity contribution in [2.75, 3.05) is 26.9 Å². The summed E-state index contributed by atoms with van der Waals surface area (Å²) < 4.78 is 42.4. The number of aliphatic hydroxyl groups is 2. The smallest absolute Gasteiger partial charge is 0.338 e. The first-order valence-corrected chi connectivity index (χ1v) is 16.8. The summed E-state index contributed by atoms with van der Waals surface area (Å²) in [5, 5.41) is 34.8. The molecule has 0 aromatic heterocycles. The number of esters is 1. The molecule has 272 valence electrons. The lowest BCUT2D eigenvalue weighted by molar-refractivity contribution is -0.124. The summed E-state index contributed by atoms with van der Waals surface area (Å²) >= 11 is 12.3. The predicted molar refractivity (Wildman–Crippen MR) is 186 cm³/mol. The summed E-state index contributed by atoms with van der Waals surface area (Å²) in [5.74, 6) is -4.77. The van der Waals surface area contributed by atoms with Gasteiger partial charge in [0.1, 0.15) is 22.8 Å². The molecule has 0 aliphatic carbocycles. The highest BCUT2D eigenvalue weighted by molar-refractivity contribution is 6.31. The van der Waals surface area contributed by atoms with Gasteiger partial charge in [-0.05, 0) is 47.7 Å². The van der Waals surface area contributed by atoms with E-state index in [1.807, 2.05) is 20.8 Å². The van der Waals surface area contributed by atoms with E-state index in [1.54, 1.807) is 0 Å². The van der Waals surface area contributed by atoms with E-state index in [-0.39, 0.29) is 45.5 Å². The topological polar surface area (TPSA) is 158 Å². The van der Waals surface area contributed by atoms with E-state index >= 15 is 8.78 Å². The van der Waals surface area contributed by atoms with Gasteiger partial charge >= 0.3 is 5.97 Å². The Hall–Kier alpha value is -4.12. The number of methoxy groups -OCH3 is 1. The second-order valence-electron chi connectivity index (χ2n) is 13.6. The van der Waals surface area contributed by atoms with Gasteiger partial charge in [-0.25, -0.2) is 13.6 Å². The number of hydrogen-bond donors (Lipinski definition) is 4. The summed E-state index contributed by atoms with van der Waals surface area (Å²) in [5.41, 5.74) is -1.95. The zero-order chi connectivity index (χ0) is 37.7. The van der Waals surface area contributed by atoms with Gasteiger partial charge in [-0.15, -0.1) is 0 Å². The lowest BCUT2D eigenvalue weighted by Crippen LogP contribution is -2.44. The third-order valence-corrected chi connectivity index (χ3v) is 9.29. The summed E-state index contributed by atoms with van der Waals surface area (Å²) in [6.07, 6.45) is -1.16. The second-order valence-corrected chi connectivity index (χ2v) is 14.4. The molecule has 0 saturated carbocycles. The summed E-state index contributed by atoms with van der Waals surface area (Å²) in [6.45, 7) is 4.37. The highest BCUT2D eigenvalue weighted by Gasteiger charge is 2.61. The largest absolute Gasteiger partial charge is 0.496 e. The number of rotatable bonds is 13. The molecule has 5 atom stereocenters. The number of aliphatic hydroxyl groups excluding tert-OH is 2. The Bertz CT molecular complexity index is 1830. The standard InChI is InChI=1S/C37H39Cl2F2N3O7/c1-36(2,3)15-30-37(19-42,25-11-10-22(38)14-27(25)40)32(24-6-5-7-26(39)33(24)41)34(44-30)28(47)12-20-8-9-21(13-29(20)50-4)35(49)51-18-31(48)43-16-23(46)17-45/h5-11,13-14,23,30,32,34,44-46H,12,15-18H2,1-4H3,(H,43,48)/t23?,30-,32-,34-,37-/m0/s1. The molecule has 1 unspecified atom stereocenters. The van der Waals surface area contributed by atoms with Crippen LogP contribution < -0.4 is 15.4 Å². The van der Waals surface area contributed by atoms with Crippen molar-refractivity contribution in [3.63, 3.8) is 0 Å². The first kappa shape index (κ1) is 39.7. The summed E-state index contributed by atoms with van der Waals surface area (Å²) in [7, 11) is 1.33. The van der Waals surface area contributed by atoms with Gasteiger partial charge in [0.25, 0.3) is 5.91 Å². The minimum atomic E-state index is -1.80. The van der Waals surface area contributed by atoms with Gasteiger partial charge in [-0.1, -0.05) is 68.2 Å². The Morgan fingerprint density at radius 3 is 2.47 bits per heavy atom. The third-order valence-electron chi connectivity index (χ3n) is 8.76. The van der Waals surface area contributed by atoms with Gasteiger partial charge in [0.05, 0.1) is 42.5 Å². The zero-order valence-electron chi connectivity index (χ0n) is 28.4. The molecule has 14 heteroatoms. The normalized spacial score (nSPS) is 20.7.